The second kappa shape index (κ2) is 7.65. The monoisotopic (exact) mass is 446 g/mol. The summed E-state index contributed by atoms with van der Waals surface area (Å²) in [6, 6.07) is 1.50. The Balaban J connectivity index is 1.54. The summed E-state index contributed by atoms with van der Waals surface area (Å²) in [7, 11) is 0. The van der Waals surface area contributed by atoms with Gasteiger partial charge in [-0.2, -0.15) is 0 Å². The van der Waals surface area contributed by atoms with Gasteiger partial charge in [0.2, 0.25) is 0 Å². The number of hydrogen-bond donors (Lipinski definition) is 2. The van der Waals surface area contributed by atoms with Gasteiger partial charge in [0.1, 0.15) is 20.5 Å². The molecular weight excluding hydrogens is 428 g/mol. The number of hydrogen-bond acceptors (Lipinski definition) is 8. The number of carbonyl (C=O) groups excluding carboxylic acids is 3. The molecule has 3 N–H and O–H groups in total. The number of primary amides is 1. The summed E-state index contributed by atoms with van der Waals surface area (Å²) in [5.41, 5.74) is 5.81. The quantitative estimate of drug-likeness (QED) is 0.576. The number of ether oxygens (including phenoxy) is 1. The number of aromatic nitrogens is 2. The highest BCUT2D eigenvalue weighted by atomic mass is 32.1. The first-order valence-electron chi connectivity index (χ1n) is 9.20. The Hall–Kier alpha value is -3.05. The summed E-state index contributed by atoms with van der Waals surface area (Å²) >= 11 is 2.23. The minimum absolute atomic E-state index is 0.150. The molecule has 0 saturated heterocycles. The zero-order chi connectivity index (χ0) is 21.6. The van der Waals surface area contributed by atoms with E-state index in [1.165, 1.54) is 13.0 Å². The summed E-state index contributed by atoms with van der Waals surface area (Å²) in [6.07, 6.45) is 0.487. The number of rotatable bonds is 5. The standard InChI is InChI=1S/C19H18N4O5S2/c1-8-12-17(21-11-4-3-6-23(11)18(12)26)30-13(8)19(27)28-9(2)15(25)22-16-10(14(20)24)5-7-29-16/h5,7,9H,3-4,6H2,1-2H3,(H2,20,24)(H,22,25). The van der Waals surface area contributed by atoms with E-state index in [-0.39, 0.29) is 16.0 Å². The third kappa shape index (κ3) is 3.39. The van der Waals surface area contributed by atoms with E-state index in [0.29, 0.717) is 27.3 Å². The van der Waals surface area contributed by atoms with Crippen molar-refractivity contribution in [3.05, 3.63) is 43.6 Å². The summed E-state index contributed by atoms with van der Waals surface area (Å²) in [5, 5.41) is 4.88. The molecule has 0 saturated carbocycles. The second-order valence-corrected chi connectivity index (χ2v) is 8.80. The Morgan fingerprint density at radius 1 is 1.37 bits per heavy atom. The normalized spacial score (nSPS) is 13.8. The van der Waals surface area contributed by atoms with Crippen LogP contribution in [0.15, 0.2) is 16.2 Å². The van der Waals surface area contributed by atoms with E-state index in [9.17, 15) is 19.2 Å². The van der Waals surface area contributed by atoms with Crippen LogP contribution in [-0.4, -0.2) is 33.4 Å². The van der Waals surface area contributed by atoms with Gasteiger partial charge in [-0.05, 0) is 37.3 Å². The molecule has 0 spiro atoms. The lowest BCUT2D eigenvalue weighted by Crippen LogP contribution is -2.30. The molecule has 4 heterocycles. The van der Waals surface area contributed by atoms with Crippen LogP contribution < -0.4 is 16.6 Å². The smallest absolute Gasteiger partial charge is 0.349 e. The zero-order valence-electron chi connectivity index (χ0n) is 16.2. The van der Waals surface area contributed by atoms with Gasteiger partial charge in [0, 0.05) is 13.0 Å². The third-order valence-electron chi connectivity index (χ3n) is 4.92. The van der Waals surface area contributed by atoms with Gasteiger partial charge in [0.25, 0.3) is 17.4 Å². The number of fused-ring (bicyclic) bond motifs is 2. The first-order valence-corrected chi connectivity index (χ1v) is 10.9. The minimum atomic E-state index is -1.12. The number of nitrogens with zero attached hydrogens (tertiary/aromatic N) is 2. The van der Waals surface area contributed by atoms with Crippen LogP contribution in [0.25, 0.3) is 10.2 Å². The molecule has 30 heavy (non-hydrogen) atoms. The topological polar surface area (TPSA) is 133 Å². The Bertz CT molecular complexity index is 1260. The maximum atomic E-state index is 12.7. The van der Waals surface area contributed by atoms with Crippen molar-refractivity contribution in [1.82, 2.24) is 9.55 Å². The maximum absolute atomic E-state index is 12.7. The van der Waals surface area contributed by atoms with Gasteiger partial charge in [-0.25, -0.2) is 9.78 Å². The number of anilines is 1. The second-order valence-electron chi connectivity index (χ2n) is 6.89. The molecule has 156 valence electrons. The fourth-order valence-electron chi connectivity index (χ4n) is 3.35. The average Bonchev–Trinajstić information content (AvgIpc) is 3.40. The van der Waals surface area contributed by atoms with Crippen molar-refractivity contribution in [2.45, 2.75) is 39.3 Å². The molecule has 1 aliphatic heterocycles. The fourth-order valence-corrected chi connectivity index (χ4v) is 5.22. The van der Waals surface area contributed by atoms with E-state index in [0.717, 1.165) is 41.3 Å². The molecular formula is C19H18N4O5S2. The molecule has 1 unspecified atom stereocenters. The fraction of sp³-hybridized carbons (Fsp3) is 0.316. The van der Waals surface area contributed by atoms with E-state index in [1.54, 1.807) is 16.9 Å². The van der Waals surface area contributed by atoms with Crippen molar-refractivity contribution in [3.63, 3.8) is 0 Å². The number of thiophene rings is 2. The summed E-state index contributed by atoms with van der Waals surface area (Å²) < 4.78 is 6.95. The predicted octanol–water partition coefficient (Wildman–Crippen LogP) is 2.06. The molecule has 3 aromatic heterocycles. The van der Waals surface area contributed by atoms with Gasteiger partial charge >= 0.3 is 5.97 Å². The van der Waals surface area contributed by atoms with Crippen molar-refractivity contribution < 1.29 is 19.1 Å². The molecule has 9 nitrogen and oxygen atoms in total. The van der Waals surface area contributed by atoms with Crippen LogP contribution >= 0.6 is 22.7 Å². The third-order valence-corrected chi connectivity index (χ3v) is 6.91. The van der Waals surface area contributed by atoms with Crippen LogP contribution in [-0.2, 0) is 22.5 Å². The zero-order valence-corrected chi connectivity index (χ0v) is 17.8. The molecule has 2 amide bonds. The highest BCUT2D eigenvalue weighted by molar-refractivity contribution is 7.20. The molecule has 0 radical (unpaired) electrons. The van der Waals surface area contributed by atoms with Crippen molar-refractivity contribution in [2.75, 3.05) is 5.32 Å². The first-order chi connectivity index (χ1) is 14.3. The number of carbonyl (C=O) groups is 3. The van der Waals surface area contributed by atoms with E-state index < -0.39 is 23.9 Å². The van der Waals surface area contributed by atoms with Gasteiger partial charge in [0.05, 0.1) is 10.9 Å². The van der Waals surface area contributed by atoms with Crippen LogP contribution in [0.4, 0.5) is 5.00 Å². The highest BCUT2D eigenvalue weighted by Crippen LogP contribution is 2.29. The van der Waals surface area contributed by atoms with Gasteiger partial charge in [-0.15, -0.1) is 22.7 Å². The van der Waals surface area contributed by atoms with Crippen LogP contribution in [0, 0.1) is 6.92 Å². The molecule has 1 aliphatic rings. The number of nitrogens with one attached hydrogen (secondary N) is 1. The van der Waals surface area contributed by atoms with Gasteiger partial charge in [-0.1, -0.05) is 0 Å². The van der Waals surface area contributed by atoms with Crippen molar-refractivity contribution in [2.24, 2.45) is 5.73 Å². The van der Waals surface area contributed by atoms with Crippen LogP contribution in [0.3, 0.4) is 0 Å². The summed E-state index contributed by atoms with van der Waals surface area (Å²) in [4.78, 5) is 54.5. The lowest BCUT2D eigenvalue weighted by molar-refractivity contribution is -0.123. The Labute approximate surface area is 178 Å². The Kier molecular flexibility index (Phi) is 5.16. The summed E-state index contributed by atoms with van der Waals surface area (Å²) in [6.45, 7) is 3.73. The first kappa shape index (κ1) is 20.2. The Morgan fingerprint density at radius 3 is 2.87 bits per heavy atom. The predicted molar refractivity (Wildman–Crippen MR) is 113 cm³/mol. The number of aryl methyl sites for hydroxylation is 2. The number of esters is 1. The van der Waals surface area contributed by atoms with Crippen LogP contribution in [0.5, 0.6) is 0 Å². The lowest BCUT2D eigenvalue weighted by Gasteiger charge is -2.13. The van der Waals surface area contributed by atoms with E-state index in [2.05, 4.69) is 10.3 Å². The number of amides is 2. The van der Waals surface area contributed by atoms with Crippen LogP contribution in [0.1, 0.15) is 44.8 Å². The minimum Gasteiger partial charge on any atom is -0.448 e. The molecule has 3 aromatic rings. The van der Waals surface area contributed by atoms with E-state index in [4.69, 9.17) is 10.5 Å². The van der Waals surface area contributed by atoms with Gasteiger partial charge < -0.3 is 15.8 Å². The Morgan fingerprint density at radius 2 is 2.13 bits per heavy atom. The van der Waals surface area contributed by atoms with E-state index in [1.807, 2.05) is 0 Å². The SMILES string of the molecule is Cc1c(C(=O)OC(C)C(=O)Nc2sccc2C(N)=O)sc2nc3n(c(=O)c12)CCC3. The average molecular weight is 447 g/mol. The molecule has 1 atom stereocenters. The molecule has 0 aromatic carbocycles. The maximum Gasteiger partial charge on any atom is 0.349 e. The molecule has 0 aliphatic carbocycles. The van der Waals surface area contributed by atoms with E-state index >= 15 is 0 Å². The van der Waals surface area contributed by atoms with Gasteiger partial charge in [0.15, 0.2) is 6.10 Å². The molecule has 0 fully saturated rings. The molecule has 4 rings (SSSR count). The molecule has 0 bridgehead atoms. The summed E-state index contributed by atoms with van der Waals surface area (Å²) in [5.74, 6) is -1.24. The lowest BCUT2D eigenvalue weighted by atomic mass is 10.2. The number of nitrogens with two attached hydrogens (primary N) is 1. The largest absolute Gasteiger partial charge is 0.448 e. The van der Waals surface area contributed by atoms with Gasteiger partial charge in [-0.3, -0.25) is 19.0 Å². The van der Waals surface area contributed by atoms with Crippen molar-refractivity contribution >= 4 is 55.7 Å². The van der Waals surface area contributed by atoms with Crippen molar-refractivity contribution in [1.29, 1.82) is 0 Å². The molecule has 11 heteroatoms. The van der Waals surface area contributed by atoms with Crippen LogP contribution in [0.2, 0.25) is 0 Å². The highest BCUT2D eigenvalue weighted by Gasteiger charge is 2.27. The van der Waals surface area contributed by atoms with Crippen molar-refractivity contribution in [3.8, 4) is 0 Å².